The lowest BCUT2D eigenvalue weighted by molar-refractivity contribution is 0.201. The van der Waals surface area contributed by atoms with Gasteiger partial charge < -0.3 is 9.84 Å². The number of hydrogen-bond donors (Lipinski definition) is 1. The van der Waals surface area contributed by atoms with Crippen molar-refractivity contribution in [3.8, 4) is 5.75 Å². The van der Waals surface area contributed by atoms with E-state index in [0.717, 1.165) is 19.3 Å². The van der Waals surface area contributed by atoms with Crippen LogP contribution in [0.1, 0.15) is 26.2 Å². The summed E-state index contributed by atoms with van der Waals surface area (Å²) in [4.78, 5) is 0.300. The molecule has 0 aromatic heterocycles. The van der Waals surface area contributed by atoms with Crippen LogP contribution in [0, 0.1) is 5.92 Å². The van der Waals surface area contributed by atoms with Crippen molar-refractivity contribution >= 4 is 10.0 Å². The van der Waals surface area contributed by atoms with E-state index in [0.29, 0.717) is 29.7 Å². The van der Waals surface area contributed by atoms with Crippen molar-refractivity contribution in [2.45, 2.75) is 31.1 Å². The van der Waals surface area contributed by atoms with Crippen molar-refractivity contribution in [1.82, 2.24) is 4.31 Å². The van der Waals surface area contributed by atoms with Gasteiger partial charge in [-0.15, -0.1) is 0 Å². The van der Waals surface area contributed by atoms with E-state index in [1.807, 2.05) is 0 Å². The van der Waals surface area contributed by atoms with Gasteiger partial charge in [-0.2, -0.15) is 4.31 Å². The molecule has 1 N–H and O–H groups in total. The Labute approximate surface area is 126 Å². The summed E-state index contributed by atoms with van der Waals surface area (Å²) in [5.41, 5.74) is 0. The van der Waals surface area contributed by atoms with Gasteiger partial charge in [-0.05, 0) is 43.0 Å². The minimum atomic E-state index is -3.40. The first-order chi connectivity index (χ1) is 10.1. The molecule has 1 saturated heterocycles. The Hall–Kier alpha value is -1.11. The molecule has 5 nitrogen and oxygen atoms in total. The van der Waals surface area contributed by atoms with E-state index >= 15 is 0 Å². The Morgan fingerprint density at radius 3 is 2.38 bits per heavy atom. The molecule has 2 rings (SSSR count). The van der Waals surface area contributed by atoms with E-state index < -0.39 is 10.0 Å². The number of sulfonamides is 1. The molecule has 1 aromatic carbocycles. The summed E-state index contributed by atoms with van der Waals surface area (Å²) < 4.78 is 31.9. The third-order valence-electron chi connectivity index (χ3n) is 3.97. The molecular weight excluding hydrogens is 290 g/mol. The quantitative estimate of drug-likeness (QED) is 0.870. The van der Waals surface area contributed by atoms with Gasteiger partial charge in [-0.1, -0.05) is 13.3 Å². The molecule has 0 radical (unpaired) electrons. The average Bonchev–Trinajstić information content (AvgIpc) is 2.53. The number of aliphatic hydroxyl groups excluding tert-OH is 1. The van der Waals surface area contributed by atoms with E-state index in [1.54, 1.807) is 28.6 Å². The molecule has 0 amide bonds. The van der Waals surface area contributed by atoms with Crippen LogP contribution in [0.15, 0.2) is 29.2 Å². The average molecular weight is 313 g/mol. The van der Waals surface area contributed by atoms with E-state index in [4.69, 9.17) is 9.84 Å². The van der Waals surface area contributed by atoms with Gasteiger partial charge in [0.1, 0.15) is 12.4 Å². The zero-order valence-corrected chi connectivity index (χ0v) is 13.2. The van der Waals surface area contributed by atoms with Gasteiger partial charge in [0.05, 0.1) is 11.5 Å². The second-order valence-corrected chi connectivity index (χ2v) is 7.24. The number of aliphatic hydroxyl groups is 1. The standard InChI is InChI=1S/C15H23NO4S/c1-2-13-7-9-16(10-8-13)21(18,19)15-5-3-14(4-6-15)20-12-11-17/h3-6,13,17H,2,7-12H2,1H3. The lowest BCUT2D eigenvalue weighted by atomic mass is 9.96. The fraction of sp³-hybridized carbons (Fsp3) is 0.600. The zero-order chi connectivity index (χ0) is 15.3. The van der Waals surface area contributed by atoms with Crippen LogP contribution in [-0.4, -0.2) is 44.1 Å². The van der Waals surface area contributed by atoms with Crippen LogP contribution in [-0.2, 0) is 10.0 Å². The Balaban J connectivity index is 2.05. The smallest absolute Gasteiger partial charge is 0.243 e. The highest BCUT2D eigenvalue weighted by Gasteiger charge is 2.28. The normalized spacial score (nSPS) is 17.8. The topological polar surface area (TPSA) is 66.8 Å². The van der Waals surface area contributed by atoms with Gasteiger partial charge in [0.25, 0.3) is 0 Å². The highest BCUT2D eigenvalue weighted by Crippen LogP contribution is 2.26. The first-order valence-electron chi connectivity index (χ1n) is 7.41. The molecule has 1 heterocycles. The van der Waals surface area contributed by atoms with Crippen LogP contribution in [0.3, 0.4) is 0 Å². The first-order valence-corrected chi connectivity index (χ1v) is 8.85. The van der Waals surface area contributed by atoms with E-state index in [2.05, 4.69) is 6.92 Å². The lowest BCUT2D eigenvalue weighted by Gasteiger charge is -2.30. The maximum absolute atomic E-state index is 12.6. The predicted molar refractivity (Wildman–Crippen MR) is 80.8 cm³/mol. The predicted octanol–water partition coefficient (Wildman–Crippen LogP) is 1.87. The van der Waals surface area contributed by atoms with E-state index in [-0.39, 0.29) is 13.2 Å². The molecule has 0 saturated carbocycles. The highest BCUT2D eigenvalue weighted by molar-refractivity contribution is 7.89. The molecule has 0 atom stereocenters. The molecule has 0 aliphatic carbocycles. The van der Waals surface area contributed by atoms with Crippen molar-refractivity contribution in [1.29, 1.82) is 0 Å². The van der Waals surface area contributed by atoms with Gasteiger partial charge >= 0.3 is 0 Å². The second kappa shape index (κ2) is 7.24. The summed E-state index contributed by atoms with van der Waals surface area (Å²) in [6.45, 7) is 3.50. The molecule has 118 valence electrons. The largest absolute Gasteiger partial charge is 0.491 e. The van der Waals surface area contributed by atoms with E-state index in [1.165, 1.54) is 0 Å². The molecule has 0 spiro atoms. The number of piperidine rings is 1. The SMILES string of the molecule is CCC1CCN(S(=O)(=O)c2ccc(OCCO)cc2)CC1. The van der Waals surface area contributed by atoms with Crippen molar-refractivity contribution in [3.63, 3.8) is 0 Å². The molecule has 0 unspecified atom stereocenters. The summed E-state index contributed by atoms with van der Waals surface area (Å²) in [6, 6.07) is 6.38. The van der Waals surface area contributed by atoms with Crippen LogP contribution < -0.4 is 4.74 Å². The third kappa shape index (κ3) is 3.96. The molecule has 1 aliphatic heterocycles. The third-order valence-corrected chi connectivity index (χ3v) is 5.89. The lowest BCUT2D eigenvalue weighted by Crippen LogP contribution is -2.38. The van der Waals surface area contributed by atoms with Gasteiger partial charge in [0.15, 0.2) is 0 Å². The molecule has 0 bridgehead atoms. The second-order valence-electron chi connectivity index (χ2n) is 5.30. The van der Waals surface area contributed by atoms with Crippen molar-refractivity contribution < 1.29 is 18.3 Å². The Morgan fingerprint density at radius 1 is 1.24 bits per heavy atom. The van der Waals surface area contributed by atoms with Crippen LogP contribution in [0.5, 0.6) is 5.75 Å². The van der Waals surface area contributed by atoms with Gasteiger partial charge in [-0.25, -0.2) is 8.42 Å². The Kier molecular flexibility index (Phi) is 5.61. The number of hydrogen-bond acceptors (Lipinski definition) is 4. The maximum atomic E-state index is 12.6. The van der Waals surface area contributed by atoms with Crippen molar-refractivity contribution in [3.05, 3.63) is 24.3 Å². The zero-order valence-electron chi connectivity index (χ0n) is 12.4. The number of ether oxygens (including phenoxy) is 1. The van der Waals surface area contributed by atoms with Crippen LogP contribution in [0.2, 0.25) is 0 Å². The molecule has 6 heteroatoms. The Morgan fingerprint density at radius 2 is 1.86 bits per heavy atom. The fourth-order valence-corrected chi connectivity index (χ4v) is 4.05. The summed E-state index contributed by atoms with van der Waals surface area (Å²) in [5, 5.41) is 8.70. The van der Waals surface area contributed by atoms with Crippen LogP contribution in [0.25, 0.3) is 0 Å². The molecule has 1 aromatic rings. The van der Waals surface area contributed by atoms with Gasteiger partial charge in [0, 0.05) is 13.1 Å². The number of benzene rings is 1. The molecule has 1 fully saturated rings. The van der Waals surface area contributed by atoms with Gasteiger partial charge in [0.2, 0.25) is 10.0 Å². The monoisotopic (exact) mass is 313 g/mol. The summed E-state index contributed by atoms with van der Waals surface area (Å²) in [5.74, 6) is 1.21. The summed E-state index contributed by atoms with van der Waals surface area (Å²) >= 11 is 0. The van der Waals surface area contributed by atoms with Crippen molar-refractivity contribution in [2.24, 2.45) is 5.92 Å². The van der Waals surface area contributed by atoms with Crippen molar-refractivity contribution in [2.75, 3.05) is 26.3 Å². The van der Waals surface area contributed by atoms with Crippen LogP contribution >= 0.6 is 0 Å². The van der Waals surface area contributed by atoms with Gasteiger partial charge in [-0.3, -0.25) is 0 Å². The van der Waals surface area contributed by atoms with E-state index in [9.17, 15) is 8.42 Å². The minimum Gasteiger partial charge on any atom is -0.491 e. The number of rotatable bonds is 6. The molecule has 21 heavy (non-hydrogen) atoms. The first kappa shape index (κ1) is 16.3. The number of nitrogens with zero attached hydrogens (tertiary/aromatic N) is 1. The summed E-state index contributed by atoms with van der Waals surface area (Å²) in [7, 11) is -3.40. The maximum Gasteiger partial charge on any atom is 0.243 e. The van der Waals surface area contributed by atoms with Crippen LogP contribution in [0.4, 0.5) is 0 Å². The highest BCUT2D eigenvalue weighted by atomic mass is 32.2. The molecule has 1 aliphatic rings. The Bertz CT molecular complexity index is 533. The summed E-state index contributed by atoms with van der Waals surface area (Å²) in [6.07, 6.45) is 2.99. The molecular formula is C15H23NO4S. The minimum absolute atomic E-state index is 0.0631. The fourth-order valence-electron chi connectivity index (χ4n) is 2.58.